The molecule has 10 heteroatoms. The zero-order valence-corrected chi connectivity index (χ0v) is 12.0. The molecule has 0 fully saturated rings. The summed E-state index contributed by atoms with van der Waals surface area (Å²) in [4.78, 5) is 15.8. The summed E-state index contributed by atoms with van der Waals surface area (Å²) in [6, 6.07) is 0.291. The van der Waals surface area contributed by atoms with Gasteiger partial charge in [-0.1, -0.05) is 0 Å². The van der Waals surface area contributed by atoms with Gasteiger partial charge in [-0.05, 0) is 25.4 Å². The van der Waals surface area contributed by atoms with Gasteiger partial charge in [0.15, 0.2) is 5.75 Å². The van der Waals surface area contributed by atoms with Gasteiger partial charge in [0.25, 0.3) is 5.95 Å². The number of hydrogen-bond acceptors (Lipinski definition) is 7. The Hall–Kier alpha value is -2.55. The summed E-state index contributed by atoms with van der Waals surface area (Å²) in [7, 11) is 0. The van der Waals surface area contributed by atoms with Crippen molar-refractivity contribution >= 4 is 11.6 Å². The third kappa shape index (κ3) is 2.97. The van der Waals surface area contributed by atoms with Gasteiger partial charge in [-0.15, -0.1) is 0 Å². The van der Waals surface area contributed by atoms with E-state index in [4.69, 9.17) is 16.3 Å². The van der Waals surface area contributed by atoms with E-state index in [1.807, 2.05) is 13.8 Å². The third-order valence-corrected chi connectivity index (χ3v) is 2.68. The van der Waals surface area contributed by atoms with Crippen molar-refractivity contribution in [3.8, 4) is 17.7 Å². The molecule has 0 aromatic carbocycles. The second-order valence-electron chi connectivity index (χ2n) is 4.38. The van der Waals surface area contributed by atoms with E-state index in [1.54, 1.807) is 17.1 Å². The van der Waals surface area contributed by atoms with Gasteiger partial charge in [-0.2, -0.15) is 29.8 Å². The largest absolute Gasteiger partial charge is 0.421 e. The molecule has 0 N–H and O–H groups in total. The summed E-state index contributed by atoms with van der Waals surface area (Å²) >= 11 is 5.86. The first kappa shape index (κ1) is 13.4. The summed E-state index contributed by atoms with van der Waals surface area (Å²) in [6.45, 7) is 4.03. The number of rotatable bonds is 4. The van der Waals surface area contributed by atoms with Crippen molar-refractivity contribution in [3.63, 3.8) is 0 Å². The Labute approximate surface area is 124 Å². The van der Waals surface area contributed by atoms with Crippen molar-refractivity contribution in [1.29, 1.82) is 0 Å². The molecule has 9 nitrogen and oxygen atoms in total. The minimum absolute atomic E-state index is 0.00162. The van der Waals surface area contributed by atoms with Crippen molar-refractivity contribution in [2.45, 2.75) is 19.9 Å². The maximum absolute atomic E-state index is 5.86. The minimum Gasteiger partial charge on any atom is -0.421 e. The number of ether oxygens (including phenoxy) is 1. The van der Waals surface area contributed by atoms with Crippen molar-refractivity contribution in [3.05, 3.63) is 30.3 Å². The Bertz CT molecular complexity index is 739. The van der Waals surface area contributed by atoms with Gasteiger partial charge in [-0.3, -0.25) is 4.68 Å². The maximum Gasteiger partial charge on any atom is 0.328 e. The lowest BCUT2D eigenvalue weighted by Gasteiger charge is -2.04. The van der Waals surface area contributed by atoms with E-state index < -0.39 is 0 Å². The predicted octanol–water partition coefficient (Wildman–Crippen LogP) is 1.68. The average Bonchev–Trinajstić information content (AvgIpc) is 3.08. The number of halogens is 1. The van der Waals surface area contributed by atoms with Crippen LogP contribution < -0.4 is 4.74 Å². The van der Waals surface area contributed by atoms with Crippen LogP contribution >= 0.6 is 11.6 Å². The number of nitrogens with zero attached hydrogens (tertiary/aromatic N) is 8. The summed E-state index contributed by atoms with van der Waals surface area (Å²) < 4.78 is 8.66. The second-order valence-corrected chi connectivity index (χ2v) is 4.72. The highest BCUT2D eigenvalue weighted by Crippen LogP contribution is 2.20. The first-order valence-electron chi connectivity index (χ1n) is 6.10. The molecule has 0 bridgehead atoms. The SMILES string of the molecule is CC(C)n1cc(Oc2nc(Cl)nc(-n3cncn3)n2)cn1. The Balaban J connectivity index is 1.88. The zero-order valence-electron chi connectivity index (χ0n) is 11.3. The van der Waals surface area contributed by atoms with Crippen molar-refractivity contribution in [2.75, 3.05) is 0 Å². The van der Waals surface area contributed by atoms with Crippen LogP contribution in [0.15, 0.2) is 25.0 Å². The lowest BCUT2D eigenvalue weighted by Crippen LogP contribution is -2.05. The fourth-order valence-corrected chi connectivity index (χ4v) is 1.69. The van der Waals surface area contributed by atoms with Crippen LogP contribution in [-0.2, 0) is 0 Å². The monoisotopic (exact) mass is 306 g/mol. The molecular formula is C11H11ClN8O. The zero-order chi connectivity index (χ0) is 14.8. The van der Waals surface area contributed by atoms with Gasteiger partial charge in [0.1, 0.15) is 12.7 Å². The predicted molar refractivity (Wildman–Crippen MR) is 72.4 cm³/mol. The van der Waals surface area contributed by atoms with Crippen LogP contribution in [-0.4, -0.2) is 39.5 Å². The Kier molecular flexibility index (Phi) is 3.48. The van der Waals surface area contributed by atoms with E-state index in [0.29, 0.717) is 5.75 Å². The molecule has 108 valence electrons. The number of hydrogen-bond donors (Lipinski definition) is 0. The highest BCUT2D eigenvalue weighted by atomic mass is 35.5. The molecule has 0 amide bonds. The van der Waals surface area contributed by atoms with Crippen molar-refractivity contribution in [2.24, 2.45) is 0 Å². The van der Waals surface area contributed by atoms with E-state index in [0.717, 1.165) is 0 Å². The first-order chi connectivity index (χ1) is 10.1. The molecule has 0 radical (unpaired) electrons. The molecule has 0 atom stereocenters. The normalized spacial score (nSPS) is 11.0. The smallest absolute Gasteiger partial charge is 0.328 e. The lowest BCUT2D eigenvalue weighted by atomic mass is 10.4. The number of aromatic nitrogens is 8. The maximum atomic E-state index is 5.86. The Morgan fingerprint density at radius 3 is 2.71 bits per heavy atom. The summed E-state index contributed by atoms with van der Waals surface area (Å²) in [6.07, 6.45) is 6.14. The molecule has 3 aromatic rings. The Morgan fingerprint density at radius 2 is 2.05 bits per heavy atom. The summed E-state index contributed by atoms with van der Waals surface area (Å²) in [5.74, 6) is 0.731. The Morgan fingerprint density at radius 1 is 1.19 bits per heavy atom. The van der Waals surface area contributed by atoms with Crippen molar-refractivity contribution < 1.29 is 4.74 Å². The molecule has 0 aliphatic carbocycles. The van der Waals surface area contributed by atoms with Gasteiger partial charge in [-0.25, -0.2) is 4.98 Å². The van der Waals surface area contributed by atoms with E-state index in [9.17, 15) is 0 Å². The highest BCUT2D eigenvalue weighted by Gasteiger charge is 2.11. The molecule has 3 heterocycles. The molecular weight excluding hydrogens is 296 g/mol. The molecule has 0 aliphatic rings. The van der Waals surface area contributed by atoms with E-state index in [-0.39, 0.29) is 23.3 Å². The molecule has 0 spiro atoms. The van der Waals surface area contributed by atoms with Gasteiger partial charge in [0.2, 0.25) is 5.28 Å². The molecule has 3 rings (SSSR count). The van der Waals surface area contributed by atoms with Crippen LogP contribution in [0.3, 0.4) is 0 Å². The van der Waals surface area contributed by atoms with Crippen LogP contribution in [0.4, 0.5) is 0 Å². The topological polar surface area (TPSA) is 96.4 Å². The molecule has 21 heavy (non-hydrogen) atoms. The molecule has 0 saturated heterocycles. The van der Waals surface area contributed by atoms with E-state index in [2.05, 4.69) is 30.1 Å². The standard InChI is InChI=1S/C11H11ClN8O/c1-7(2)19-4-8(3-14-19)21-11-17-9(12)16-10(18-11)20-6-13-5-15-20/h3-7H,1-2H3. The van der Waals surface area contributed by atoms with E-state index >= 15 is 0 Å². The second kappa shape index (κ2) is 5.44. The molecule has 0 saturated carbocycles. The fraction of sp³-hybridized carbons (Fsp3) is 0.273. The minimum atomic E-state index is 0.00162. The van der Waals surface area contributed by atoms with Crippen LogP contribution in [0, 0.1) is 0 Å². The average molecular weight is 307 g/mol. The van der Waals surface area contributed by atoms with Gasteiger partial charge >= 0.3 is 6.01 Å². The highest BCUT2D eigenvalue weighted by molar-refractivity contribution is 6.28. The van der Waals surface area contributed by atoms with Crippen molar-refractivity contribution in [1.82, 2.24) is 39.5 Å². The van der Waals surface area contributed by atoms with Crippen LogP contribution in [0.2, 0.25) is 5.28 Å². The fourth-order valence-electron chi connectivity index (χ4n) is 1.54. The first-order valence-corrected chi connectivity index (χ1v) is 6.48. The van der Waals surface area contributed by atoms with Gasteiger partial charge < -0.3 is 4.74 Å². The summed E-state index contributed by atoms with van der Waals surface area (Å²) in [5.41, 5.74) is 0. The van der Waals surface area contributed by atoms with Crippen LogP contribution in [0.25, 0.3) is 5.95 Å². The molecule has 3 aromatic heterocycles. The van der Waals surface area contributed by atoms with E-state index in [1.165, 1.54) is 17.3 Å². The van der Waals surface area contributed by atoms with Crippen LogP contribution in [0.5, 0.6) is 11.8 Å². The van der Waals surface area contributed by atoms with Gasteiger partial charge in [0.05, 0.1) is 12.4 Å². The molecule has 0 unspecified atom stereocenters. The summed E-state index contributed by atoms with van der Waals surface area (Å²) in [5, 5.41) is 8.09. The quantitative estimate of drug-likeness (QED) is 0.723. The lowest BCUT2D eigenvalue weighted by molar-refractivity contribution is 0.434. The van der Waals surface area contributed by atoms with Gasteiger partial charge in [0, 0.05) is 6.04 Å². The van der Waals surface area contributed by atoms with Crippen LogP contribution in [0.1, 0.15) is 19.9 Å². The third-order valence-electron chi connectivity index (χ3n) is 2.52. The molecule has 0 aliphatic heterocycles.